The smallest absolute Gasteiger partial charge is 0.335 e. The number of aromatic carboxylic acids is 1. The van der Waals surface area contributed by atoms with Gasteiger partial charge in [0.1, 0.15) is 6.20 Å². The van der Waals surface area contributed by atoms with Gasteiger partial charge in [0.05, 0.1) is 12.1 Å². The Morgan fingerprint density at radius 2 is 2.40 bits per heavy atom. The summed E-state index contributed by atoms with van der Waals surface area (Å²) in [6.07, 6.45) is 4.47. The van der Waals surface area contributed by atoms with E-state index in [-0.39, 0.29) is 0 Å². The second-order valence-corrected chi connectivity index (χ2v) is 3.15. The molecule has 4 nitrogen and oxygen atoms in total. The van der Waals surface area contributed by atoms with Crippen molar-refractivity contribution in [2.45, 2.75) is 6.54 Å². The van der Waals surface area contributed by atoms with Gasteiger partial charge in [-0.3, -0.25) is 4.68 Å². The predicted molar refractivity (Wildman–Crippen MR) is 53.6 cm³/mol. The lowest BCUT2D eigenvalue weighted by Crippen LogP contribution is -2.02. The van der Waals surface area contributed by atoms with Gasteiger partial charge in [-0.1, -0.05) is 12.1 Å². The molecule has 2 aromatic rings. The van der Waals surface area contributed by atoms with E-state index in [0.29, 0.717) is 12.1 Å². The van der Waals surface area contributed by atoms with Crippen LogP contribution in [0.5, 0.6) is 0 Å². The minimum absolute atomic E-state index is 0.295. The van der Waals surface area contributed by atoms with E-state index in [0.717, 1.165) is 5.56 Å². The largest absolute Gasteiger partial charge is 0.478 e. The maximum absolute atomic E-state index is 10.7. The molecule has 0 aliphatic heterocycles. The molecule has 0 saturated heterocycles. The van der Waals surface area contributed by atoms with E-state index in [9.17, 15) is 4.79 Å². The van der Waals surface area contributed by atoms with Gasteiger partial charge in [-0.15, -0.1) is 0 Å². The van der Waals surface area contributed by atoms with Crippen LogP contribution in [0.2, 0.25) is 0 Å². The average molecular weight is 201 g/mol. The quantitative estimate of drug-likeness (QED) is 0.817. The molecule has 0 amide bonds. The van der Waals surface area contributed by atoms with Crippen molar-refractivity contribution in [1.29, 1.82) is 0 Å². The summed E-state index contributed by atoms with van der Waals surface area (Å²) in [6.45, 7) is 0.560. The van der Waals surface area contributed by atoms with Crippen LogP contribution in [0, 0.1) is 6.20 Å². The topological polar surface area (TPSA) is 55.1 Å². The first-order valence-electron chi connectivity index (χ1n) is 4.47. The molecule has 15 heavy (non-hydrogen) atoms. The lowest BCUT2D eigenvalue weighted by molar-refractivity contribution is 0.0696. The third-order valence-corrected chi connectivity index (χ3v) is 2.03. The van der Waals surface area contributed by atoms with Crippen LogP contribution in [-0.4, -0.2) is 20.9 Å². The van der Waals surface area contributed by atoms with Gasteiger partial charge in [-0.05, 0) is 23.8 Å². The van der Waals surface area contributed by atoms with Gasteiger partial charge >= 0.3 is 5.97 Å². The first kappa shape index (κ1) is 9.45. The average Bonchev–Trinajstić information content (AvgIpc) is 2.71. The Balaban J connectivity index is 2.22. The van der Waals surface area contributed by atoms with Crippen LogP contribution in [0.3, 0.4) is 0 Å². The van der Waals surface area contributed by atoms with Crippen molar-refractivity contribution in [3.63, 3.8) is 0 Å². The summed E-state index contributed by atoms with van der Waals surface area (Å²) in [5.41, 5.74) is 1.20. The molecule has 0 saturated carbocycles. The second kappa shape index (κ2) is 3.96. The van der Waals surface area contributed by atoms with E-state index in [1.54, 1.807) is 35.1 Å². The van der Waals surface area contributed by atoms with Gasteiger partial charge in [0.15, 0.2) is 0 Å². The van der Waals surface area contributed by atoms with Crippen LogP contribution in [0.25, 0.3) is 0 Å². The second-order valence-electron chi connectivity index (χ2n) is 3.15. The maximum atomic E-state index is 10.7. The van der Waals surface area contributed by atoms with Crippen molar-refractivity contribution in [3.05, 3.63) is 53.9 Å². The van der Waals surface area contributed by atoms with E-state index < -0.39 is 5.97 Å². The monoisotopic (exact) mass is 201 g/mol. The van der Waals surface area contributed by atoms with Gasteiger partial charge in [-0.2, -0.15) is 5.10 Å². The molecule has 2 rings (SSSR count). The third-order valence-electron chi connectivity index (χ3n) is 2.03. The molecule has 0 fully saturated rings. The Morgan fingerprint density at radius 1 is 1.53 bits per heavy atom. The van der Waals surface area contributed by atoms with Crippen molar-refractivity contribution in [2.75, 3.05) is 0 Å². The number of carbonyl (C=O) groups is 1. The van der Waals surface area contributed by atoms with Crippen molar-refractivity contribution in [1.82, 2.24) is 9.78 Å². The molecule has 1 heterocycles. The summed E-state index contributed by atoms with van der Waals surface area (Å²) in [5.74, 6) is -0.913. The van der Waals surface area contributed by atoms with E-state index >= 15 is 0 Å². The highest BCUT2D eigenvalue weighted by atomic mass is 16.4. The molecular formula is C11H9N2O2. The molecule has 1 aromatic heterocycles. The third kappa shape index (κ3) is 2.22. The molecule has 0 bridgehead atoms. The highest BCUT2D eigenvalue weighted by Crippen LogP contribution is 2.06. The Kier molecular flexibility index (Phi) is 2.49. The summed E-state index contributed by atoms with van der Waals surface area (Å²) >= 11 is 0. The summed E-state index contributed by atoms with van der Waals surface area (Å²) in [4.78, 5) is 10.7. The Morgan fingerprint density at radius 3 is 3.07 bits per heavy atom. The van der Waals surface area contributed by atoms with Crippen molar-refractivity contribution in [3.8, 4) is 0 Å². The van der Waals surface area contributed by atoms with Gasteiger partial charge in [0, 0.05) is 6.20 Å². The number of carboxylic acid groups (broad SMARTS) is 1. The predicted octanol–water partition coefficient (Wildman–Crippen LogP) is 1.43. The Hall–Kier alpha value is -2.10. The Labute approximate surface area is 86.8 Å². The van der Waals surface area contributed by atoms with Crippen LogP contribution in [0.4, 0.5) is 0 Å². The zero-order valence-electron chi connectivity index (χ0n) is 7.92. The van der Waals surface area contributed by atoms with E-state index in [2.05, 4.69) is 11.3 Å². The number of hydrogen-bond donors (Lipinski definition) is 1. The fourth-order valence-corrected chi connectivity index (χ4v) is 1.34. The first-order chi connectivity index (χ1) is 7.25. The van der Waals surface area contributed by atoms with Gasteiger partial charge < -0.3 is 5.11 Å². The van der Waals surface area contributed by atoms with E-state index in [1.807, 2.05) is 6.07 Å². The molecule has 1 radical (unpaired) electrons. The number of aromatic nitrogens is 2. The standard InChI is InChI=1S/C11H9N2O2/c14-11(15)10-4-1-3-9(7-10)8-13-6-2-5-12-13/h1-4,6-7H,8H2,(H,14,15). The van der Waals surface area contributed by atoms with Crippen LogP contribution in [-0.2, 0) is 6.54 Å². The number of rotatable bonds is 3. The lowest BCUT2D eigenvalue weighted by atomic mass is 10.1. The molecule has 0 spiro atoms. The zero-order chi connectivity index (χ0) is 10.7. The number of hydrogen-bond acceptors (Lipinski definition) is 2. The minimum atomic E-state index is -0.913. The van der Waals surface area contributed by atoms with Gasteiger partial charge in [-0.25, -0.2) is 4.79 Å². The number of nitrogens with zero attached hydrogens (tertiary/aromatic N) is 2. The van der Waals surface area contributed by atoms with Gasteiger partial charge in [0.25, 0.3) is 0 Å². The molecule has 1 aromatic carbocycles. The summed E-state index contributed by atoms with van der Waals surface area (Å²) in [7, 11) is 0. The molecule has 75 valence electrons. The zero-order valence-corrected chi connectivity index (χ0v) is 7.92. The molecular weight excluding hydrogens is 192 g/mol. The molecule has 0 aliphatic rings. The molecule has 0 atom stereocenters. The van der Waals surface area contributed by atoms with Crippen LogP contribution in [0.15, 0.2) is 36.5 Å². The first-order valence-corrected chi connectivity index (χ1v) is 4.47. The molecule has 4 heteroatoms. The van der Waals surface area contributed by atoms with Crippen LogP contribution < -0.4 is 0 Å². The normalized spacial score (nSPS) is 10.1. The van der Waals surface area contributed by atoms with Crippen LogP contribution in [0.1, 0.15) is 15.9 Å². The maximum Gasteiger partial charge on any atom is 0.335 e. The highest BCUT2D eigenvalue weighted by molar-refractivity contribution is 5.87. The lowest BCUT2D eigenvalue weighted by Gasteiger charge is -2.02. The Bertz CT molecular complexity index is 463. The van der Waals surface area contributed by atoms with Crippen molar-refractivity contribution < 1.29 is 9.90 Å². The number of benzene rings is 1. The van der Waals surface area contributed by atoms with Gasteiger partial charge in [0.2, 0.25) is 0 Å². The summed E-state index contributed by atoms with van der Waals surface area (Å²) < 4.78 is 1.70. The van der Waals surface area contributed by atoms with E-state index in [1.165, 1.54) is 0 Å². The molecule has 0 aliphatic carbocycles. The summed E-state index contributed by atoms with van der Waals surface area (Å²) in [6, 6.07) is 8.52. The van der Waals surface area contributed by atoms with Crippen molar-refractivity contribution >= 4 is 5.97 Å². The summed E-state index contributed by atoms with van der Waals surface area (Å²) in [5, 5.41) is 12.7. The van der Waals surface area contributed by atoms with Crippen LogP contribution >= 0.6 is 0 Å². The van der Waals surface area contributed by atoms with Crippen molar-refractivity contribution in [2.24, 2.45) is 0 Å². The highest BCUT2D eigenvalue weighted by Gasteiger charge is 2.03. The fraction of sp³-hybridized carbons (Fsp3) is 0.0909. The molecule has 1 N–H and O–H groups in total. The minimum Gasteiger partial charge on any atom is -0.478 e. The van der Waals surface area contributed by atoms with E-state index in [4.69, 9.17) is 5.11 Å². The number of carboxylic acids is 1. The fourth-order valence-electron chi connectivity index (χ4n) is 1.34. The molecule has 0 unspecified atom stereocenters. The SMILES string of the molecule is O=C(O)c1cccc(Cn2cc[c]n2)c1.